The third-order valence-electron chi connectivity index (χ3n) is 1.93. The van der Waals surface area contributed by atoms with Crippen LogP contribution in [0.1, 0.15) is 16.1 Å². The third kappa shape index (κ3) is 1.85. The molecule has 2 heterocycles. The highest BCUT2D eigenvalue weighted by molar-refractivity contribution is 5.88. The van der Waals surface area contributed by atoms with Crippen molar-refractivity contribution < 1.29 is 9.90 Å². The maximum atomic E-state index is 10.8. The summed E-state index contributed by atoms with van der Waals surface area (Å²) in [6.07, 6.45) is 3.33. The van der Waals surface area contributed by atoms with Gasteiger partial charge in [0.05, 0.1) is 5.56 Å². The summed E-state index contributed by atoms with van der Waals surface area (Å²) in [6.45, 7) is 1.75. The van der Waals surface area contributed by atoms with Gasteiger partial charge in [0.15, 0.2) is 5.82 Å². The number of pyridine rings is 1. The molecule has 0 aliphatic heterocycles. The van der Waals surface area contributed by atoms with Crippen LogP contribution in [0.25, 0.3) is 5.82 Å². The molecule has 0 saturated heterocycles. The summed E-state index contributed by atoms with van der Waals surface area (Å²) in [5.41, 5.74) is 0.869. The molecular weight excluding hydrogens is 194 g/mol. The highest BCUT2D eigenvalue weighted by Crippen LogP contribution is 2.09. The maximum Gasteiger partial charge on any atom is 0.335 e. The van der Waals surface area contributed by atoms with Crippen molar-refractivity contribution >= 4 is 5.97 Å². The molecule has 0 spiro atoms. The van der Waals surface area contributed by atoms with Crippen LogP contribution in [0.4, 0.5) is 0 Å². The van der Waals surface area contributed by atoms with E-state index in [1.165, 1.54) is 16.8 Å². The number of rotatable bonds is 2. The molecule has 0 saturated carbocycles. The van der Waals surface area contributed by atoms with Gasteiger partial charge in [-0.3, -0.25) is 0 Å². The molecule has 2 rings (SSSR count). The molecule has 0 unspecified atom stereocenters. The number of carbonyl (C=O) groups is 1. The summed E-state index contributed by atoms with van der Waals surface area (Å²) in [6, 6.07) is 4.77. The first kappa shape index (κ1) is 9.39. The van der Waals surface area contributed by atoms with Gasteiger partial charge in [-0.2, -0.15) is 5.10 Å². The highest BCUT2D eigenvalue weighted by atomic mass is 16.4. The molecule has 2 aromatic rings. The normalized spacial score (nSPS) is 10.2. The summed E-state index contributed by atoms with van der Waals surface area (Å²) in [4.78, 5) is 15.0. The molecule has 76 valence electrons. The molecule has 0 atom stereocenters. The lowest BCUT2D eigenvalue weighted by atomic mass is 10.2. The zero-order chi connectivity index (χ0) is 10.8. The van der Waals surface area contributed by atoms with Gasteiger partial charge >= 0.3 is 5.97 Å². The minimum absolute atomic E-state index is 0.216. The fourth-order valence-electron chi connectivity index (χ4n) is 1.30. The Kier molecular flexibility index (Phi) is 2.21. The van der Waals surface area contributed by atoms with Crippen LogP contribution in [0.15, 0.2) is 30.6 Å². The minimum atomic E-state index is -0.964. The fraction of sp³-hybridized carbons (Fsp3) is 0.100. The van der Waals surface area contributed by atoms with E-state index in [0.717, 1.165) is 0 Å². The molecular formula is C10H9N3O2. The average molecular weight is 203 g/mol. The van der Waals surface area contributed by atoms with Crippen molar-refractivity contribution in [3.63, 3.8) is 0 Å². The summed E-state index contributed by atoms with van der Waals surface area (Å²) in [7, 11) is 0. The SMILES string of the molecule is Cc1cc(C(=O)O)cc(-n2cccn2)n1. The third-order valence-corrected chi connectivity index (χ3v) is 1.93. The smallest absolute Gasteiger partial charge is 0.335 e. The van der Waals surface area contributed by atoms with Crippen LogP contribution in [-0.4, -0.2) is 25.8 Å². The Hall–Kier alpha value is -2.17. The molecule has 1 N–H and O–H groups in total. The van der Waals surface area contributed by atoms with Crippen LogP contribution < -0.4 is 0 Å². The van der Waals surface area contributed by atoms with E-state index in [1.54, 1.807) is 25.4 Å². The van der Waals surface area contributed by atoms with Gasteiger partial charge < -0.3 is 5.11 Å². The van der Waals surface area contributed by atoms with E-state index >= 15 is 0 Å². The molecule has 5 heteroatoms. The Labute approximate surface area is 86.0 Å². The topological polar surface area (TPSA) is 68.0 Å². The molecule has 2 aromatic heterocycles. The number of aromatic nitrogens is 3. The van der Waals surface area contributed by atoms with E-state index < -0.39 is 5.97 Å². The van der Waals surface area contributed by atoms with Gasteiger partial charge in [-0.1, -0.05) is 0 Å². The molecule has 0 aromatic carbocycles. The molecule has 0 fully saturated rings. The Morgan fingerprint density at radius 2 is 2.27 bits per heavy atom. The van der Waals surface area contributed by atoms with E-state index in [1.807, 2.05) is 0 Å². The first-order valence-electron chi connectivity index (χ1n) is 4.39. The van der Waals surface area contributed by atoms with Crippen molar-refractivity contribution in [3.05, 3.63) is 41.9 Å². The van der Waals surface area contributed by atoms with Crippen LogP contribution >= 0.6 is 0 Å². The molecule has 0 bridgehead atoms. The fourth-order valence-corrected chi connectivity index (χ4v) is 1.30. The van der Waals surface area contributed by atoms with Crippen LogP contribution in [0, 0.1) is 6.92 Å². The largest absolute Gasteiger partial charge is 0.478 e. The Morgan fingerprint density at radius 3 is 2.87 bits per heavy atom. The molecule has 0 aliphatic carbocycles. The zero-order valence-electron chi connectivity index (χ0n) is 8.08. The summed E-state index contributed by atoms with van der Waals surface area (Å²) in [5, 5.41) is 12.9. The second-order valence-corrected chi connectivity index (χ2v) is 3.11. The maximum absolute atomic E-state index is 10.8. The van der Waals surface area contributed by atoms with Crippen molar-refractivity contribution in [2.45, 2.75) is 6.92 Å². The molecule has 0 amide bonds. The Bertz CT molecular complexity index is 491. The second kappa shape index (κ2) is 3.53. The van der Waals surface area contributed by atoms with E-state index in [4.69, 9.17) is 5.11 Å². The molecule has 0 radical (unpaired) electrons. The number of hydrogen-bond acceptors (Lipinski definition) is 3. The lowest BCUT2D eigenvalue weighted by Gasteiger charge is -2.03. The predicted molar refractivity (Wildman–Crippen MR) is 53.1 cm³/mol. The van der Waals surface area contributed by atoms with Crippen molar-refractivity contribution in [1.29, 1.82) is 0 Å². The van der Waals surface area contributed by atoms with Gasteiger partial charge in [0.1, 0.15) is 0 Å². The molecule has 15 heavy (non-hydrogen) atoms. The molecule has 0 aliphatic rings. The van der Waals surface area contributed by atoms with Crippen molar-refractivity contribution in [3.8, 4) is 5.82 Å². The summed E-state index contributed by atoms with van der Waals surface area (Å²) in [5.74, 6) is -0.452. The quantitative estimate of drug-likeness (QED) is 0.798. The monoisotopic (exact) mass is 203 g/mol. The summed E-state index contributed by atoms with van der Waals surface area (Å²) >= 11 is 0. The number of aryl methyl sites for hydroxylation is 1. The van der Waals surface area contributed by atoms with E-state index in [9.17, 15) is 4.79 Å². The van der Waals surface area contributed by atoms with Crippen LogP contribution in [0.5, 0.6) is 0 Å². The number of nitrogens with zero attached hydrogens (tertiary/aromatic N) is 3. The van der Waals surface area contributed by atoms with Gasteiger partial charge in [-0.15, -0.1) is 0 Å². The van der Waals surface area contributed by atoms with Crippen molar-refractivity contribution in [2.24, 2.45) is 0 Å². The van der Waals surface area contributed by atoms with Gasteiger partial charge in [0.25, 0.3) is 0 Å². The van der Waals surface area contributed by atoms with Gasteiger partial charge in [0.2, 0.25) is 0 Å². The van der Waals surface area contributed by atoms with Crippen LogP contribution in [0.2, 0.25) is 0 Å². The van der Waals surface area contributed by atoms with E-state index in [2.05, 4.69) is 10.1 Å². The van der Waals surface area contributed by atoms with Crippen molar-refractivity contribution in [2.75, 3.05) is 0 Å². The van der Waals surface area contributed by atoms with E-state index in [-0.39, 0.29) is 5.56 Å². The number of carboxylic acids is 1. The van der Waals surface area contributed by atoms with Gasteiger partial charge in [-0.25, -0.2) is 14.5 Å². The number of aromatic carboxylic acids is 1. The summed E-state index contributed by atoms with van der Waals surface area (Å²) < 4.78 is 1.53. The standard InChI is InChI=1S/C10H9N3O2/c1-7-5-8(10(14)15)6-9(12-7)13-4-2-3-11-13/h2-6H,1H3,(H,14,15). The predicted octanol–water partition coefficient (Wildman–Crippen LogP) is 1.27. The zero-order valence-corrected chi connectivity index (χ0v) is 8.08. The van der Waals surface area contributed by atoms with Gasteiger partial charge in [0, 0.05) is 18.1 Å². The number of carboxylic acid groups (broad SMARTS) is 1. The minimum Gasteiger partial charge on any atom is -0.478 e. The highest BCUT2D eigenvalue weighted by Gasteiger charge is 2.07. The average Bonchev–Trinajstić information content (AvgIpc) is 2.69. The number of hydrogen-bond donors (Lipinski definition) is 1. The lowest BCUT2D eigenvalue weighted by molar-refractivity contribution is 0.0696. The first-order valence-corrected chi connectivity index (χ1v) is 4.39. The van der Waals surface area contributed by atoms with Crippen LogP contribution in [0.3, 0.4) is 0 Å². The lowest BCUT2D eigenvalue weighted by Crippen LogP contribution is -2.04. The Balaban J connectivity index is 2.54. The second-order valence-electron chi connectivity index (χ2n) is 3.11. The van der Waals surface area contributed by atoms with E-state index in [0.29, 0.717) is 11.5 Å². The van der Waals surface area contributed by atoms with Crippen molar-refractivity contribution in [1.82, 2.24) is 14.8 Å². The van der Waals surface area contributed by atoms with Crippen LogP contribution in [-0.2, 0) is 0 Å². The first-order chi connectivity index (χ1) is 7.16. The molecule has 5 nitrogen and oxygen atoms in total. The Morgan fingerprint density at radius 1 is 1.47 bits per heavy atom. The van der Waals surface area contributed by atoms with Gasteiger partial charge in [-0.05, 0) is 25.1 Å².